The van der Waals surface area contributed by atoms with E-state index in [1.807, 2.05) is 0 Å². The minimum atomic E-state index is -4.42. The van der Waals surface area contributed by atoms with Crippen molar-refractivity contribution in [3.63, 3.8) is 0 Å². The predicted octanol–water partition coefficient (Wildman–Crippen LogP) is 6.81. The van der Waals surface area contributed by atoms with Gasteiger partial charge in [-0.05, 0) is 0 Å². The van der Waals surface area contributed by atoms with E-state index in [0.29, 0.717) is 0 Å². The van der Waals surface area contributed by atoms with Crippen LogP contribution in [0.1, 0.15) is 35.0 Å². The molecular weight excluding hydrogens is 414 g/mol. The molecule has 0 spiro atoms. The molecule has 0 unspecified atom stereocenters. The van der Waals surface area contributed by atoms with Gasteiger partial charge in [0.1, 0.15) is 0 Å². The third-order valence-corrected chi connectivity index (χ3v) is 27.9. The van der Waals surface area contributed by atoms with Crippen LogP contribution < -0.4 is 0 Å². The van der Waals surface area contributed by atoms with Gasteiger partial charge >= 0.3 is 152 Å². The molecule has 0 heterocycles. The second-order valence-corrected chi connectivity index (χ2v) is 28.2. The Labute approximate surface area is 151 Å². The summed E-state index contributed by atoms with van der Waals surface area (Å²) in [5, 5.41) is 0. The topological polar surface area (TPSA) is 0 Å². The molecule has 0 fully saturated rings. The van der Waals surface area contributed by atoms with Crippen molar-refractivity contribution in [2.45, 2.75) is 23.9 Å². The van der Waals surface area contributed by atoms with Crippen LogP contribution in [0.3, 0.4) is 0 Å². The average Bonchev–Trinajstić information content (AvgIpc) is 3.22. The van der Waals surface area contributed by atoms with Gasteiger partial charge in [-0.15, -0.1) is 0 Å². The first kappa shape index (κ1) is 16.7. The zero-order valence-corrected chi connectivity index (χ0v) is 17.9. The van der Waals surface area contributed by atoms with Crippen molar-refractivity contribution in [1.82, 2.24) is 0 Å². The van der Waals surface area contributed by atoms with Gasteiger partial charge in [0.2, 0.25) is 0 Å². The molecule has 0 radical (unpaired) electrons. The van der Waals surface area contributed by atoms with Crippen LogP contribution in [0, 0.1) is 0 Å². The van der Waals surface area contributed by atoms with Gasteiger partial charge < -0.3 is 0 Å². The Morgan fingerprint density at radius 3 is 1.92 bits per heavy atom. The molecule has 0 bridgehead atoms. The molecule has 0 saturated carbocycles. The van der Waals surface area contributed by atoms with Gasteiger partial charge in [-0.3, -0.25) is 0 Å². The van der Waals surface area contributed by atoms with Gasteiger partial charge in [0, 0.05) is 0 Å². The summed E-state index contributed by atoms with van der Waals surface area (Å²) in [5.74, 6) is 0. The van der Waals surface area contributed by atoms with Crippen LogP contribution in [0.2, 0.25) is 0 Å². The van der Waals surface area contributed by atoms with E-state index < -0.39 is 15.9 Å². The average molecular weight is 435 g/mol. The van der Waals surface area contributed by atoms with Crippen LogP contribution in [0.4, 0.5) is 0 Å². The molecule has 0 atom stereocenters. The van der Waals surface area contributed by atoms with Crippen molar-refractivity contribution in [1.29, 1.82) is 0 Å². The van der Waals surface area contributed by atoms with Gasteiger partial charge in [0.25, 0.3) is 0 Å². The van der Waals surface area contributed by atoms with E-state index in [4.69, 9.17) is 17.0 Å². The third-order valence-electron chi connectivity index (χ3n) is 5.62. The molecule has 2 aromatic rings. The van der Waals surface area contributed by atoms with E-state index in [0.717, 1.165) is 6.42 Å². The first-order chi connectivity index (χ1) is 11.4. The second kappa shape index (κ2) is 5.63. The van der Waals surface area contributed by atoms with Gasteiger partial charge in [0.15, 0.2) is 0 Å². The second-order valence-electron chi connectivity index (χ2n) is 7.01. The van der Waals surface area contributed by atoms with E-state index in [1.165, 1.54) is 28.7 Å². The van der Waals surface area contributed by atoms with Crippen molar-refractivity contribution in [2.24, 2.45) is 0 Å². The van der Waals surface area contributed by atoms with Gasteiger partial charge in [-0.25, -0.2) is 0 Å². The quantitative estimate of drug-likeness (QED) is 0.487. The van der Waals surface area contributed by atoms with Gasteiger partial charge in [-0.1, -0.05) is 0 Å². The Hall–Kier alpha value is -0.747. The molecule has 24 heavy (non-hydrogen) atoms. The summed E-state index contributed by atoms with van der Waals surface area (Å²) in [6.45, 7) is 4.27. The molecule has 3 heteroatoms. The molecule has 0 saturated heterocycles. The van der Waals surface area contributed by atoms with Crippen LogP contribution in [0.5, 0.6) is 0 Å². The molecule has 2 aliphatic rings. The van der Waals surface area contributed by atoms with Gasteiger partial charge in [0.05, 0.1) is 0 Å². The molecule has 122 valence electrons. The number of halogens is 2. The molecule has 0 amide bonds. The Morgan fingerprint density at radius 1 is 0.917 bits per heavy atom. The molecule has 4 rings (SSSR count). The summed E-state index contributed by atoms with van der Waals surface area (Å²) in [6, 6.07) is 17.2. The summed E-state index contributed by atoms with van der Waals surface area (Å²) in [6.07, 6.45) is 7.32. The summed E-state index contributed by atoms with van der Waals surface area (Å²) < 4.78 is 2.57. The van der Waals surface area contributed by atoms with Crippen molar-refractivity contribution < 1.29 is 15.9 Å². The predicted molar refractivity (Wildman–Crippen MR) is 104 cm³/mol. The Balaban J connectivity index is 2.11. The van der Waals surface area contributed by atoms with Crippen LogP contribution >= 0.6 is 17.0 Å². The summed E-state index contributed by atoms with van der Waals surface area (Å²) >= 11 is -4.42. The van der Waals surface area contributed by atoms with E-state index in [1.54, 1.807) is 0 Å². The van der Waals surface area contributed by atoms with E-state index in [9.17, 15) is 0 Å². The molecular formula is C21H20Cl2Zr. The number of hydrogen-bond donors (Lipinski definition) is 0. The number of rotatable bonds is 2. The number of fused-ring (bicyclic) bond motifs is 3. The van der Waals surface area contributed by atoms with Gasteiger partial charge in [-0.2, -0.15) is 0 Å². The van der Waals surface area contributed by atoms with Crippen LogP contribution in [-0.4, -0.2) is 3.21 Å². The fraction of sp³-hybridized carbons (Fsp3) is 0.190. The van der Waals surface area contributed by atoms with Crippen molar-refractivity contribution in [3.05, 3.63) is 81.2 Å². The zero-order valence-electron chi connectivity index (χ0n) is 13.9. The summed E-state index contributed by atoms with van der Waals surface area (Å²) in [4.78, 5) is 0. The summed E-state index contributed by atoms with van der Waals surface area (Å²) in [7, 11) is 15.3. The number of hydrogen-bond acceptors (Lipinski definition) is 0. The third kappa shape index (κ3) is 2.11. The number of benzene rings is 2. The first-order valence-corrected chi connectivity index (χ1v) is 18.6. The van der Waals surface area contributed by atoms with Crippen LogP contribution in [0.25, 0.3) is 11.1 Å². The molecule has 2 aliphatic carbocycles. The molecule has 0 aromatic heterocycles. The molecule has 0 aliphatic heterocycles. The van der Waals surface area contributed by atoms with E-state index >= 15 is 0 Å². The van der Waals surface area contributed by atoms with E-state index in [2.05, 4.69) is 80.6 Å². The SMILES string of the molecule is C[C](C)=[Zr]([Cl])([Cl])([C]1=CC=CC1)[CH]1c2ccccc2-c2ccccc21. The number of allylic oxidation sites excluding steroid dienone is 4. The minimum absolute atomic E-state index is 0.0957. The fourth-order valence-electron chi connectivity index (χ4n) is 4.28. The van der Waals surface area contributed by atoms with Crippen LogP contribution in [-0.2, 0) is 15.9 Å². The monoisotopic (exact) mass is 432 g/mol. The molecule has 0 nitrogen and oxygen atoms in total. The van der Waals surface area contributed by atoms with Crippen molar-refractivity contribution in [3.8, 4) is 11.1 Å². The normalized spacial score (nSPS) is 16.8. The Morgan fingerprint density at radius 2 is 1.46 bits per heavy atom. The van der Waals surface area contributed by atoms with Crippen molar-refractivity contribution in [2.75, 3.05) is 0 Å². The van der Waals surface area contributed by atoms with E-state index in [-0.39, 0.29) is 3.63 Å². The van der Waals surface area contributed by atoms with Crippen molar-refractivity contribution >= 4 is 20.2 Å². The van der Waals surface area contributed by atoms with Crippen LogP contribution in [0.15, 0.2) is 70.0 Å². The maximum atomic E-state index is 7.63. The summed E-state index contributed by atoms with van der Waals surface area (Å²) in [5.41, 5.74) is 5.16. The first-order valence-electron chi connectivity index (χ1n) is 8.37. The fourth-order valence-corrected chi connectivity index (χ4v) is 18.8. The molecule has 0 N–H and O–H groups in total. The molecule has 2 aromatic carbocycles. The Bertz CT molecular complexity index is 923. The maximum absolute atomic E-state index is 7.63. The standard InChI is InChI=1S/C13H9.C5H5.C3H6.2ClH.Zr/c1-3-7-12-10(5-1)9-11-6-2-4-8-13(11)12;1-2-4-5-3-1;1-3-2;;;/h1-9H;1-3H,4H2;1-2H3;2*1H;/q;;;;;+2/p-2. The zero-order chi connectivity index (χ0) is 17.0. The Kier molecular flexibility index (Phi) is 3.92.